The summed E-state index contributed by atoms with van der Waals surface area (Å²) in [6.45, 7) is 30.9. The zero-order chi connectivity index (χ0) is 104. The lowest BCUT2D eigenvalue weighted by atomic mass is 9.98. The van der Waals surface area contributed by atoms with Crippen molar-refractivity contribution >= 4 is 0 Å². The Hall–Kier alpha value is -6.30. The molecule has 0 saturated carbocycles. The Morgan fingerprint density at radius 1 is 0.279 bits per heavy atom. The maximum absolute atomic E-state index is 10.1. The van der Waals surface area contributed by atoms with E-state index in [0.717, 1.165) is 128 Å². The largest absolute Gasteiger partial charge is 0.491 e. The minimum Gasteiger partial charge on any atom is -0.491 e. The van der Waals surface area contributed by atoms with E-state index >= 15 is 0 Å². The highest BCUT2D eigenvalue weighted by molar-refractivity contribution is 5.27. The van der Waals surface area contributed by atoms with E-state index in [1.54, 1.807) is 6.08 Å². The molecule has 0 aliphatic heterocycles. The molecule has 0 bridgehead atoms. The van der Waals surface area contributed by atoms with E-state index < -0.39 is 17.8 Å². The number of hydrogen-bond acceptors (Lipinski definition) is 8. The highest BCUT2D eigenvalue weighted by Crippen LogP contribution is 2.20. The second-order valence-corrected chi connectivity index (χ2v) is 39.2. The van der Waals surface area contributed by atoms with Crippen LogP contribution in [0.2, 0.25) is 0 Å². The average molecular weight is 2050 g/mol. The third-order valence-electron chi connectivity index (χ3n) is 24.3. The van der Waals surface area contributed by atoms with Crippen LogP contribution in [0, 0.1) is 30.6 Å². The molecule has 0 aliphatic rings. The maximum atomic E-state index is 10.1. The van der Waals surface area contributed by atoms with E-state index in [0.29, 0.717) is 0 Å². The second-order valence-electron chi connectivity index (χ2n) is 39.2. The number of aliphatic hydroxyl groups excluding tert-OH is 6. The maximum Gasteiger partial charge on any atom is 0.119 e. The van der Waals surface area contributed by atoms with Gasteiger partial charge in [0.1, 0.15) is 24.6 Å². The van der Waals surface area contributed by atoms with Crippen LogP contribution in [0.1, 0.15) is 582 Å². The van der Waals surface area contributed by atoms with Crippen LogP contribution in [-0.4, -0.2) is 84.6 Å². The van der Waals surface area contributed by atoms with Crippen LogP contribution < -0.4 is 4.74 Å². The minimum atomic E-state index is -0.639. The third-order valence-corrected chi connectivity index (χ3v) is 24.3. The molecule has 0 amide bonds. The van der Waals surface area contributed by atoms with Gasteiger partial charge in [-0.25, -0.2) is 0 Å². The summed E-state index contributed by atoms with van der Waals surface area (Å²) in [4.78, 5) is 0. The first-order chi connectivity index (χ1) is 68.9. The summed E-state index contributed by atoms with van der Waals surface area (Å²) < 4.78 is 5.54. The quantitative estimate of drug-likeness (QED) is 0.0150. The van der Waals surface area contributed by atoms with Gasteiger partial charge >= 0.3 is 0 Å². The van der Waals surface area contributed by atoms with Crippen LogP contribution in [0.25, 0.3) is 0 Å². The van der Waals surface area contributed by atoms with Crippen molar-refractivity contribution in [1.29, 1.82) is 0 Å². The standard InChI is InChI=1S/C21H32O2.C21H32O.C19H36O.C18H34O.3C18H32O.6CH4/c1-3-4-5-6-7-8-9-10-11-12-13-20(22)18-23-21-16-14-19(2)15-17-21;1-2-3-4-5-6-7-8-9-10-14-17-21(22)19-18-20-15-12-11-13-16-20;1-4-6-8-9-10-11-12-13-14-16-18-19(3,20)17-15-7-5-2;4*1-3-5-7-8-9-10-11-12-13-15-17-18(19)16-14-6-4-2;;;;;;/h10-17,20,22H,3-9,18H2,1-2H3;9-17,21-22H,2-8,18-19H2,1H3;13-14,16,18,20H,4-12,15,17H2,1-3H3;12-13,15,17-19H,3-11,14,16H2,1-2H3;15,17-19H,3-11,14,16H2,1-2H3;12-13,18-19H,3-11,14,16H2,1-2H3;8-9,12-13,15,17-19H,3-7,10-11,14,16H2,1-2H3;6*1H4/b11-10-,13-12+;10-9-,17-14+;14-13-,18-16+;13-12-,17-15+;17-15+;13-12-;9-8-,13-12-,17-15+;;;;;;/t20-;21-;;4*18-;;;;;;/m11.0000....../s1. The molecule has 8 heteroatoms. The highest BCUT2D eigenvalue weighted by atomic mass is 16.5. The number of hydrogen-bond donors (Lipinski definition) is 7. The molecule has 0 aromatic heterocycles. The van der Waals surface area contributed by atoms with Gasteiger partial charge in [0.25, 0.3) is 0 Å². The predicted molar refractivity (Wildman–Crippen MR) is 670 cm³/mol. The molecule has 0 saturated heterocycles. The Kier molecular flexibility index (Phi) is 160. The smallest absolute Gasteiger partial charge is 0.119 e. The van der Waals surface area contributed by atoms with Gasteiger partial charge in [-0.05, 0) is 191 Å². The summed E-state index contributed by atoms with van der Waals surface area (Å²) in [5.41, 5.74) is 1.85. The molecule has 7 atom stereocenters. The minimum absolute atomic E-state index is 0. The molecule has 0 heterocycles. The SMILES string of the molecule is C.C.C.C.C.C.CCCC/C=C\CC/C=C\C=C\[C@@H](O)CCCCC.CCCCCCCC/C=C\C#C[C@@H](O)CCCCC.CCCCCCCC/C=C\C=C\C(C)(O)CCCCC.CCCCCCCC/C=C\C=C\[C@@H](O)CCCCC.CCCCCCCC/C=C\C=C\[C@@H](O)CCc1ccccc1.CCCCCCCC/C=C\C=C\[C@@H](O)COc1ccc(C)cc1.CCCCCCCCC#C/C=C/[C@@H](O)CCCCC. The molecule has 0 radical (unpaired) electrons. The van der Waals surface area contributed by atoms with Gasteiger partial charge in [-0.1, -0.05) is 634 Å². The van der Waals surface area contributed by atoms with Gasteiger partial charge in [0, 0.05) is 6.42 Å². The Labute approximate surface area is 921 Å². The Balaban J connectivity index is -0.000000162. The van der Waals surface area contributed by atoms with Crippen molar-refractivity contribution in [3.63, 3.8) is 0 Å². The molecule has 2 aromatic carbocycles. The van der Waals surface area contributed by atoms with E-state index in [2.05, 4.69) is 186 Å². The summed E-state index contributed by atoms with van der Waals surface area (Å²) >= 11 is 0. The molecule has 1 unspecified atom stereocenters. The highest BCUT2D eigenvalue weighted by Gasteiger charge is 2.15. The summed E-state index contributed by atoms with van der Waals surface area (Å²) in [6.07, 6.45) is 135. The Bertz CT molecular complexity index is 3290. The van der Waals surface area contributed by atoms with Crippen LogP contribution in [0.15, 0.2) is 213 Å². The van der Waals surface area contributed by atoms with Gasteiger partial charge in [0.2, 0.25) is 0 Å². The van der Waals surface area contributed by atoms with Crippen molar-refractivity contribution in [3.05, 3.63) is 224 Å². The first kappa shape index (κ1) is 163. The van der Waals surface area contributed by atoms with E-state index in [-0.39, 0.29) is 75.6 Å². The fourth-order valence-corrected chi connectivity index (χ4v) is 14.9. The van der Waals surface area contributed by atoms with Crippen molar-refractivity contribution in [1.82, 2.24) is 0 Å². The van der Waals surface area contributed by atoms with E-state index in [9.17, 15) is 35.7 Å². The van der Waals surface area contributed by atoms with Crippen molar-refractivity contribution in [3.8, 4) is 29.4 Å². The first-order valence-corrected chi connectivity index (χ1v) is 59.1. The average Bonchev–Trinajstić information content (AvgIpc) is 0.914. The van der Waals surface area contributed by atoms with Gasteiger partial charge in [-0.15, -0.1) is 0 Å². The van der Waals surface area contributed by atoms with Crippen LogP contribution in [0.5, 0.6) is 5.75 Å². The van der Waals surface area contributed by atoms with Crippen molar-refractivity contribution < 1.29 is 40.5 Å². The number of unbranched alkanes of at least 4 members (excludes halogenated alkanes) is 49. The van der Waals surface area contributed by atoms with Gasteiger partial charge in [0.05, 0.1) is 30.0 Å². The normalized spacial score (nSPS) is 12.9. The lowest BCUT2D eigenvalue weighted by molar-refractivity contribution is 0.0986. The lowest BCUT2D eigenvalue weighted by Gasteiger charge is -2.18. The summed E-state index contributed by atoms with van der Waals surface area (Å²) in [6, 6.07) is 18.2. The van der Waals surface area contributed by atoms with Crippen LogP contribution >= 0.6 is 0 Å². The molecule has 858 valence electrons. The molecule has 0 fully saturated rings. The summed E-state index contributed by atoms with van der Waals surface area (Å²) in [7, 11) is 0. The molecular weight excluding hydrogens is 1800 g/mol. The lowest BCUT2D eigenvalue weighted by Crippen LogP contribution is -2.20. The number of benzene rings is 2. The summed E-state index contributed by atoms with van der Waals surface area (Å²) in [5.74, 6) is 12.8. The zero-order valence-electron chi connectivity index (χ0n) is 94.7. The second kappa shape index (κ2) is 144. The molecule has 147 heavy (non-hydrogen) atoms. The van der Waals surface area contributed by atoms with Crippen molar-refractivity contribution in [2.75, 3.05) is 6.61 Å². The third kappa shape index (κ3) is 150. The number of rotatable bonds is 84. The molecule has 0 spiro atoms. The van der Waals surface area contributed by atoms with Gasteiger partial charge in [0.15, 0.2) is 0 Å². The summed E-state index contributed by atoms with van der Waals surface area (Å²) in [5, 5.41) is 68.5. The van der Waals surface area contributed by atoms with Crippen LogP contribution in [0.3, 0.4) is 0 Å². The van der Waals surface area contributed by atoms with Crippen molar-refractivity contribution in [2.45, 2.75) is 627 Å². The predicted octanol–water partition coefficient (Wildman–Crippen LogP) is 43.3. The molecule has 0 aliphatic carbocycles. The van der Waals surface area contributed by atoms with Gasteiger partial charge < -0.3 is 40.5 Å². The topological polar surface area (TPSA) is 151 Å². The molecule has 7 N–H and O–H groups in total. The van der Waals surface area contributed by atoms with E-state index in [4.69, 9.17) is 4.74 Å². The number of aryl methyl sites for hydroxylation is 2. The van der Waals surface area contributed by atoms with Gasteiger partial charge in [-0.2, -0.15) is 0 Å². The molecule has 2 aromatic rings. The Morgan fingerprint density at radius 3 is 0.986 bits per heavy atom. The number of aliphatic hydroxyl groups is 7. The molecular formula is C139H254O8. The van der Waals surface area contributed by atoms with E-state index in [1.165, 1.54) is 332 Å². The first-order valence-electron chi connectivity index (χ1n) is 59.1. The number of allylic oxidation sites excluding steroid dienone is 20. The van der Waals surface area contributed by atoms with Crippen LogP contribution in [-0.2, 0) is 6.42 Å². The van der Waals surface area contributed by atoms with Crippen molar-refractivity contribution in [2.24, 2.45) is 0 Å². The fraction of sp³-hybridized carbons (Fsp3) is 0.698. The van der Waals surface area contributed by atoms with Crippen LogP contribution in [0.4, 0.5) is 0 Å². The Morgan fingerprint density at radius 2 is 0.585 bits per heavy atom. The molecule has 8 nitrogen and oxygen atoms in total. The molecule has 2 rings (SSSR count). The van der Waals surface area contributed by atoms with Gasteiger partial charge in [-0.3, -0.25) is 0 Å². The monoisotopic (exact) mass is 2050 g/mol. The van der Waals surface area contributed by atoms with E-state index in [1.807, 2.05) is 141 Å². The zero-order valence-corrected chi connectivity index (χ0v) is 94.7. The number of ether oxygens (including phenoxy) is 1. The fourth-order valence-electron chi connectivity index (χ4n) is 14.9.